The Morgan fingerprint density at radius 2 is 0.905 bits per heavy atom. The summed E-state index contributed by atoms with van der Waals surface area (Å²) < 4.78 is 22.7. The number of ether oxygens (including phenoxy) is 4. The lowest BCUT2D eigenvalue weighted by atomic mass is 10.0. The van der Waals surface area contributed by atoms with Crippen molar-refractivity contribution in [2.45, 2.75) is 219 Å². The molecule has 364 valence electrons. The third-order valence-electron chi connectivity index (χ3n) is 10.8. The lowest BCUT2D eigenvalue weighted by Crippen LogP contribution is -2.40. The third kappa shape index (κ3) is 46.8. The lowest BCUT2D eigenvalue weighted by Gasteiger charge is -2.25. The van der Waals surface area contributed by atoms with Crippen LogP contribution in [-0.2, 0) is 33.3 Å². The molecule has 0 saturated heterocycles. The highest BCUT2D eigenvalue weighted by Crippen LogP contribution is 2.16. The average Bonchev–Trinajstić information content (AvgIpc) is 3.24. The first-order valence-electron chi connectivity index (χ1n) is 25.5. The minimum atomic E-state index is -1.53. The Kier molecular flexibility index (Phi) is 43.4. The monoisotopic (exact) mass is 887 g/mol. The number of unbranched alkanes of at least 4 members (excludes halogenated alkanes) is 21. The van der Waals surface area contributed by atoms with E-state index in [4.69, 9.17) is 18.9 Å². The van der Waals surface area contributed by atoms with Crippen LogP contribution in [0, 0.1) is 0 Å². The van der Waals surface area contributed by atoms with Crippen molar-refractivity contribution >= 4 is 17.9 Å². The molecule has 63 heavy (non-hydrogen) atoms. The van der Waals surface area contributed by atoms with Gasteiger partial charge in [0.2, 0.25) is 0 Å². The zero-order valence-electron chi connectivity index (χ0n) is 41.2. The highest BCUT2D eigenvalue weighted by molar-refractivity contribution is 5.71. The fourth-order valence-electron chi connectivity index (χ4n) is 6.87. The van der Waals surface area contributed by atoms with Crippen LogP contribution in [0.1, 0.15) is 206 Å². The molecule has 0 aromatic carbocycles. The topological polar surface area (TPSA) is 108 Å². The zero-order chi connectivity index (χ0) is 46.3. The average molecular weight is 887 g/mol. The lowest BCUT2D eigenvalue weighted by molar-refractivity contribution is -0.870. The molecule has 0 heterocycles. The summed E-state index contributed by atoms with van der Waals surface area (Å²) in [5, 5.41) is 9.66. The molecule has 0 aliphatic carbocycles. The van der Waals surface area contributed by atoms with Gasteiger partial charge in [0.25, 0.3) is 6.29 Å². The Balaban J connectivity index is 4.39. The molecular formula is C54H96NO8+. The van der Waals surface area contributed by atoms with E-state index < -0.39 is 24.3 Å². The number of carbonyl (C=O) groups is 3. The smallest absolute Gasteiger partial charge is 0.361 e. The van der Waals surface area contributed by atoms with Crippen molar-refractivity contribution in [2.75, 3.05) is 47.5 Å². The quantitative estimate of drug-likeness (QED) is 0.0212. The predicted octanol–water partition coefficient (Wildman–Crippen LogP) is 14.1. The van der Waals surface area contributed by atoms with Gasteiger partial charge in [0.1, 0.15) is 13.2 Å². The van der Waals surface area contributed by atoms with Crippen molar-refractivity contribution in [1.29, 1.82) is 0 Å². The molecule has 9 heteroatoms. The normalized spacial score (nSPS) is 13.3. The number of nitrogens with zero attached hydrogens (tertiary/aromatic N) is 1. The zero-order valence-corrected chi connectivity index (χ0v) is 41.2. The van der Waals surface area contributed by atoms with Gasteiger partial charge in [0.05, 0.1) is 34.4 Å². The maximum absolute atomic E-state index is 12.8. The number of allylic oxidation sites excluding steroid dienone is 10. The summed E-state index contributed by atoms with van der Waals surface area (Å²) in [5.74, 6) is -2.08. The molecule has 0 aliphatic rings. The van der Waals surface area contributed by atoms with Gasteiger partial charge < -0.3 is 28.5 Å². The Bertz CT molecular complexity index is 1220. The molecule has 2 unspecified atom stereocenters. The largest absolute Gasteiger partial charge is 0.477 e. The Morgan fingerprint density at radius 3 is 1.33 bits per heavy atom. The van der Waals surface area contributed by atoms with E-state index in [2.05, 4.69) is 74.6 Å². The molecule has 0 fully saturated rings. The van der Waals surface area contributed by atoms with Crippen LogP contribution in [0.2, 0.25) is 0 Å². The number of hydrogen-bond acceptors (Lipinski definition) is 7. The molecule has 0 aromatic heterocycles. The molecule has 0 rings (SSSR count). The van der Waals surface area contributed by atoms with Crippen LogP contribution >= 0.6 is 0 Å². The molecule has 1 N–H and O–H groups in total. The summed E-state index contributed by atoms with van der Waals surface area (Å²) >= 11 is 0. The Hall–Kier alpha value is -3.01. The van der Waals surface area contributed by atoms with Crippen LogP contribution in [-0.4, -0.2) is 87.4 Å². The minimum Gasteiger partial charge on any atom is -0.477 e. The first kappa shape index (κ1) is 60.0. The summed E-state index contributed by atoms with van der Waals surface area (Å²) in [4.78, 5) is 37.2. The van der Waals surface area contributed by atoms with Crippen LogP contribution in [0.4, 0.5) is 0 Å². The fourth-order valence-corrected chi connectivity index (χ4v) is 6.87. The van der Waals surface area contributed by atoms with Gasteiger partial charge in [0, 0.05) is 12.8 Å². The van der Waals surface area contributed by atoms with E-state index in [9.17, 15) is 19.5 Å². The summed E-state index contributed by atoms with van der Waals surface area (Å²) in [7, 11) is 5.94. The maximum atomic E-state index is 12.8. The molecule has 0 amide bonds. The molecule has 9 nitrogen and oxygen atoms in total. The van der Waals surface area contributed by atoms with Crippen molar-refractivity contribution in [3.8, 4) is 0 Å². The number of carboxylic acids is 1. The van der Waals surface area contributed by atoms with Crippen molar-refractivity contribution < 1.29 is 42.9 Å². The molecule has 0 spiro atoms. The molecular weight excluding hydrogens is 791 g/mol. The van der Waals surface area contributed by atoms with Crippen LogP contribution in [0.25, 0.3) is 0 Å². The summed E-state index contributed by atoms with van der Waals surface area (Å²) in [6.07, 6.45) is 53.0. The van der Waals surface area contributed by atoms with Crippen LogP contribution in [0.15, 0.2) is 60.8 Å². The fraction of sp³-hybridized carbons (Fsp3) is 0.759. The summed E-state index contributed by atoms with van der Waals surface area (Å²) in [5.41, 5.74) is 0. The van der Waals surface area contributed by atoms with E-state index in [1.54, 1.807) is 0 Å². The first-order valence-corrected chi connectivity index (χ1v) is 25.5. The van der Waals surface area contributed by atoms with Crippen molar-refractivity contribution in [3.63, 3.8) is 0 Å². The second kappa shape index (κ2) is 45.6. The van der Waals surface area contributed by atoms with Gasteiger partial charge in [-0.2, -0.15) is 0 Å². The highest BCUT2D eigenvalue weighted by Gasteiger charge is 2.25. The van der Waals surface area contributed by atoms with E-state index in [1.807, 2.05) is 21.1 Å². The summed E-state index contributed by atoms with van der Waals surface area (Å²) in [6, 6.07) is 0. The number of likely N-dealkylation sites (N-methyl/N-ethyl adjacent to an activating group) is 1. The van der Waals surface area contributed by atoms with Gasteiger partial charge in [-0.3, -0.25) is 9.59 Å². The number of hydrogen-bond donors (Lipinski definition) is 1. The first-order chi connectivity index (χ1) is 30.6. The van der Waals surface area contributed by atoms with Crippen LogP contribution < -0.4 is 0 Å². The van der Waals surface area contributed by atoms with E-state index in [1.165, 1.54) is 116 Å². The second-order valence-electron chi connectivity index (χ2n) is 18.1. The van der Waals surface area contributed by atoms with E-state index >= 15 is 0 Å². The number of rotatable bonds is 46. The van der Waals surface area contributed by atoms with Crippen molar-refractivity contribution in [2.24, 2.45) is 0 Å². The minimum absolute atomic E-state index is 0.176. The van der Waals surface area contributed by atoms with E-state index in [0.29, 0.717) is 23.9 Å². The molecule has 0 bridgehead atoms. The number of carboxylic acid groups (broad SMARTS) is 1. The highest BCUT2D eigenvalue weighted by atomic mass is 16.7. The Morgan fingerprint density at radius 1 is 0.492 bits per heavy atom. The second-order valence-corrected chi connectivity index (χ2v) is 18.1. The number of aliphatic carboxylic acids is 1. The van der Waals surface area contributed by atoms with Crippen molar-refractivity contribution in [3.05, 3.63) is 60.8 Å². The Labute approximate surface area is 386 Å². The molecule has 0 aromatic rings. The molecule has 0 radical (unpaired) electrons. The van der Waals surface area contributed by atoms with E-state index in [0.717, 1.165) is 57.8 Å². The summed E-state index contributed by atoms with van der Waals surface area (Å²) in [6.45, 7) is 4.71. The van der Waals surface area contributed by atoms with Gasteiger partial charge in [-0.1, -0.05) is 203 Å². The molecule has 0 aliphatic heterocycles. The number of esters is 2. The number of quaternary nitrogens is 1. The van der Waals surface area contributed by atoms with Gasteiger partial charge in [-0.25, -0.2) is 4.79 Å². The standard InChI is InChI=1S/C54H95NO8/c1-6-8-10-12-14-16-18-20-22-24-25-26-27-29-30-32-34-36-38-40-42-44-51(56)61-48-50(49-62-54(53(58)59)60-47-46-55(3,4)5)63-52(57)45-43-41-39-37-35-33-31-28-23-21-19-17-15-13-11-9-7-2/h9,11,15,17,21,23,31,33,37,39,50,54H,6-8,10,12-14,16,18-20,22,24-30,32,34-36,38,40-49H2,1-5H3/p+1/b11-9-,17-15-,23-21-,33-31-,39-37-. The molecule has 2 atom stereocenters. The van der Waals surface area contributed by atoms with E-state index in [-0.39, 0.29) is 32.2 Å². The van der Waals surface area contributed by atoms with Crippen molar-refractivity contribution in [1.82, 2.24) is 0 Å². The number of carbonyl (C=O) groups excluding carboxylic acids is 2. The maximum Gasteiger partial charge on any atom is 0.361 e. The molecule has 0 saturated carbocycles. The predicted molar refractivity (Wildman–Crippen MR) is 263 cm³/mol. The van der Waals surface area contributed by atoms with Gasteiger partial charge >= 0.3 is 17.9 Å². The SMILES string of the molecule is CC/C=C\C/C=C\C/C=C\C/C=C\C/C=C\CCCC(=O)OC(COC(=O)CCCCCCCCCCCCCCCCCCCCCCC)COC(OCC[N+](C)(C)C)C(=O)O. The van der Waals surface area contributed by atoms with Gasteiger partial charge in [0.15, 0.2) is 6.10 Å². The van der Waals surface area contributed by atoms with Crippen LogP contribution in [0.3, 0.4) is 0 Å². The van der Waals surface area contributed by atoms with Crippen LogP contribution in [0.5, 0.6) is 0 Å². The van der Waals surface area contributed by atoms with Gasteiger partial charge in [-0.15, -0.1) is 0 Å². The van der Waals surface area contributed by atoms with Gasteiger partial charge in [-0.05, 0) is 51.4 Å². The third-order valence-corrected chi connectivity index (χ3v) is 10.8.